The summed E-state index contributed by atoms with van der Waals surface area (Å²) in [4.78, 5) is 13.4. The van der Waals surface area contributed by atoms with E-state index in [0.717, 1.165) is 25.8 Å². The Kier molecular flexibility index (Phi) is 4.45. The molecule has 4 nitrogen and oxygen atoms in total. The minimum absolute atomic E-state index is 0.0804. The number of piperidine rings is 1. The fraction of sp³-hybridized carbons (Fsp3) is 0.938. The lowest BCUT2D eigenvalue weighted by molar-refractivity contribution is -0.137. The summed E-state index contributed by atoms with van der Waals surface area (Å²) in [7, 11) is 0. The summed E-state index contributed by atoms with van der Waals surface area (Å²) in [5.41, 5.74) is -0.231. The normalized spacial score (nSPS) is 33.2. The summed E-state index contributed by atoms with van der Waals surface area (Å²) in [5, 5.41) is 8.94. The van der Waals surface area contributed by atoms with Gasteiger partial charge in [-0.1, -0.05) is 6.42 Å². The van der Waals surface area contributed by atoms with E-state index in [-0.39, 0.29) is 17.6 Å². The molecule has 0 aromatic heterocycles. The minimum Gasteiger partial charge on any atom is -0.481 e. The van der Waals surface area contributed by atoms with Gasteiger partial charge >= 0.3 is 5.97 Å². The maximum Gasteiger partial charge on any atom is 0.303 e. The quantitative estimate of drug-likeness (QED) is 0.861. The lowest BCUT2D eigenvalue weighted by atomic mass is 9.88. The molecular formula is C16H29NO3. The Labute approximate surface area is 122 Å². The van der Waals surface area contributed by atoms with Crippen LogP contribution >= 0.6 is 0 Å². The first-order valence-electron chi connectivity index (χ1n) is 7.89. The van der Waals surface area contributed by atoms with Crippen LogP contribution in [0.4, 0.5) is 0 Å². The zero-order valence-electron chi connectivity index (χ0n) is 13.3. The molecule has 0 saturated carbocycles. The molecule has 0 aromatic rings. The van der Waals surface area contributed by atoms with Crippen molar-refractivity contribution in [1.29, 1.82) is 0 Å². The highest BCUT2D eigenvalue weighted by Crippen LogP contribution is 2.42. The zero-order chi connectivity index (χ0) is 15.0. The molecule has 0 aliphatic carbocycles. The SMILES string of the molecule is CC1(C)CC(N2CCCCC2CCC(=O)O)C(C)(C)O1. The summed E-state index contributed by atoms with van der Waals surface area (Å²) < 4.78 is 6.22. The van der Waals surface area contributed by atoms with Crippen LogP contribution in [0, 0.1) is 0 Å². The number of carboxylic acids is 1. The molecule has 2 heterocycles. The van der Waals surface area contributed by atoms with Crippen molar-refractivity contribution in [3.63, 3.8) is 0 Å². The molecule has 2 saturated heterocycles. The van der Waals surface area contributed by atoms with Gasteiger partial charge in [-0.2, -0.15) is 0 Å². The van der Waals surface area contributed by atoms with Crippen molar-refractivity contribution < 1.29 is 14.6 Å². The third kappa shape index (κ3) is 3.53. The van der Waals surface area contributed by atoms with Gasteiger partial charge in [0.15, 0.2) is 0 Å². The number of carboxylic acid groups (broad SMARTS) is 1. The monoisotopic (exact) mass is 283 g/mol. The van der Waals surface area contributed by atoms with Gasteiger partial charge in [0.1, 0.15) is 0 Å². The average Bonchev–Trinajstić information content (AvgIpc) is 2.55. The molecule has 2 unspecified atom stereocenters. The third-order valence-electron chi connectivity index (χ3n) is 4.79. The standard InChI is InChI=1S/C16H29NO3/c1-15(2)11-13(16(3,4)20-15)17-10-6-5-7-12(17)8-9-14(18)19/h12-13H,5-11H2,1-4H3,(H,18,19). The molecule has 0 radical (unpaired) electrons. The third-order valence-corrected chi connectivity index (χ3v) is 4.79. The second-order valence-corrected chi connectivity index (χ2v) is 7.50. The zero-order valence-corrected chi connectivity index (χ0v) is 13.3. The van der Waals surface area contributed by atoms with Crippen molar-refractivity contribution >= 4 is 5.97 Å². The largest absolute Gasteiger partial charge is 0.481 e. The number of ether oxygens (including phenoxy) is 1. The van der Waals surface area contributed by atoms with Crippen LogP contribution in [0.3, 0.4) is 0 Å². The molecule has 4 heteroatoms. The summed E-state index contributed by atoms with van der Waals surface area (Å²) >= 11 is 0. The predicted octanol–water partition coefficient (Wildman–Crippen LogP) is 3.05. The first kappa shape index (κ1) is 15.8. The number of carbonyl (C=O) groups is 1. The van der Waals surface area contributed by atoms with E-state index in [4.69, 9.17) is 9.84 Å². The first-order chi connectivity index (χ1) is 9.21. The fourth-order valence-electron chi connectivity index (χ4n) is 4.08. The van der Waals surface area contributed by atoms with E-state index in [0.29, 0.717) is 12.1 Å². The Hall–Kier alpha value is -0.610. The Bertz CT molecular complexity index is 365. The van der Waals surface area contributed by atoms with Crippen molar-refractivity contribution in [2.75, 3.05) is 6.54 Å². The summed E-state index contributed by atoms with van der Waals surface area (Å²) in [5.74, 6) is -0.683. The molecule has 2 atom stereocenters. The van der Waals surface area contributed by atoms with Gasteiger partial charge in [-0.05, 0) is 59.9 Å². The highest BCUT2D eigenvalue weighted by Gasteiger charge is 2.49. The highest BCUT2D eigenvalue weighted by atomic mass is 16.5. The first-order valence-corrected chi connectivity index (χ1v) is 7.89. The fourth-order valence-corrected chi connectivity index (χ4v) is 4.08. The van der Waals surface area contributed by atoms with Gasteiger partial charge in [-0.15, -0.1) is 0 Å². The summed E-state index contributed by atoms with van der Waals surface area (Å²) in [6, 6.07) is 0.804. The molecule has 0 amide bonds. The van der Waals surface area contributed by atoms with E-state index in [1.807, 2.05) is 0 Å². The lowest BCUT2D eigenvalue weighted by Crippen LogP contribution is -2.53. The van der Waals surface area contributed by atoms with Gasteiger partial charge in [0, 0.05) is 18.5 Å². The topological polar surface area (TPSA) is 49.8 Å². The molecule has 116 valence electrons. The van der Waals surface area contributed by atoms with Gasteiger partial charge < -0.3 is 9.84 Å². The average molecular weight is 283 g/mol. The van der Waals surface area contributed by atoms with Crippen LogP contribution in [0.2, 0.25) is 0 Å². The molecule has 0 aromatic carbocycles. The smallest absolute Gasteiger partial charge is 0.303 e. The molecule has 2 rings (SSSR count). The van der Waals surface area contributed by atoms with Gasteiger partial charge in [0.05, 0.1) is 11.2 Å². The van der Waals surface area contributed by atoms with Crippen LogP contribution < -0.4 is 0 Å². The van der Waals surface area contributed by atoms with Gasteiger partial charge in [0.25, 0.3) is 0 Å². The molecule has 0 spiro atoms. The second kappa shape index (κ2) is 5.64. The maximum absolute atomic E-state index is 10.9. The number of rotatable bonds is 4. The lowest BCUT2D eigenvalue weighted by Gasteiger charge is -2.44. The predicted molar refractivity (Wildman–Crippen MR) is 78.9 cm³/mol. The minimum atomic E-state index is -0.683. The van der Waals surface area contributed by atoms with Crippen molar-refractivity contribution in [2.45, 2.75) is 89.5 Å². The Morgan fingerprint density at radius 1 is 1.30 bits per heavy atom. The van der Waals surface area contributed by atoms with E-state index >= 15 is 0 Å². The van der Waals surface area contributed by atoms with Crippen LogP contribution in [-0.4, -0.2) is 45.8 Å². The van der Waals surface area contributed by atoms with Crippen molar-refractivity contribution in [1.82, 2.24) is 4.90 Å². The van der Waals surface area contributed by atoms with Gasteiger partial charge in [0.2, 0.25) is 0 Å². The highest BCUT2D eigenvalue weighted by molar-refractivity contribution is 5.66. The molecule has 2 fully saturated rings. The Balaban J connectivity index is 2.09. The van der Waals surface area contributed by atoms with Crippen molar-refractivity contribution in [3.05, 3.63) is 0 Å². The summed E-state index contributed by atoms with van der Waals surface area (Å²) in [6.07, 6.45) is 5.64. The molecular weight excluding hydrogens is 254 g/mol. The van der Waals surface area contributed by atoms with Crippen LogP contribution in [-0.2, 0) is 9.53 Å². The second-order valence-electron chi connectivity index (χ2n) is 7.50. The van der Waals surface area contributed by atoms with Crippen molar-refractivity contribution in [3.8, 4) is 0 Å². The van der Waals surface area contributed by atoms with Crippen LogP contribution in [0.25, 0.3) is 0 Å². The van der Waals surface area contributed by atoms with Crippen LogP contribution in [0.5, 0.6) is 0 Å². The molecule has 2 aliphatic heterocycles. The number of hydrogen-bond donors (Lipinski definition) is 1. The van der Waals surface area contributed by atoms with Crippen molar-refractivity contribution in [2.24, 2.45) is 0 Å². The Morgan fingerprint density at radius 2 is 2.00 bits per heavy atom. The van der Waals surface area contributed by atoms with Crippen LogP contribution in [0.15, 0.2) is 0 Å². The van der Waals surface area contributed by atoms with Gasteiger partial charge in [-0.25, -0.2) is 0 Å². The summed E-state index contributed by atoms with van der Waals surface area (Å²) in [6.45, 7) is 9.75. The van der Waals surface area contributed by atoms with E-state index in [1.54, 1.807) is 0 Å². The van der Waals surface area contributed by atoms with E-state index in [2.05, 4.69) is 32.6 Å². The van der Waals surface area contributed by atoms with E-state index in [9.17, 15) is 4.79 Å². The van der Waals surface area contributed by atoms with E-state index in [1.165, 1.54) is 12.8 Å². The molecule has 20 heavy (non-hydrogen) atoms. The number of likely N-dealkylation sites (tertiary alicyclic amines) is 1. The van der Waals surface area contributed by atoms with E-state index < -0.39 is 5.97 Å². The number of nitrogens with zero attached hydrogens (tertiary/aromatic N) is 1. The van der Waals surface area contributed by atoms with Gasteiger partial charge in [-0.3, -0.25) is 9.69 Å². The molecule has 2 aliphatic rings. The Morgan fingerprint density at radius 3 is 2.55 bits per heavy atom. The van der Waals surface area contributed by atoms with Crippen LogP contribution in [0.1, 0.15) is 66.2 Å². The number of hydrogen-bond acceptors (Lipinski definition) is 3. The molecule has 0 bridgehead atoms. The molecule has 1 N–H and O–H groups in total. The number of aliphatic carboxylic acids is 1. The maximum atomic E-state index is 10.9.